The summed E-state index contributed by atoms with van der Waals surface area (Å²) in [5.41, 5.74) is 3.31. The maximum atomic E-state index is 13.5. The molecular formula is C21H25FN2O2. The van der Waals surface area contributed by atoms with E-state index >= 15 is 0 Å². The molecule has 2 rings (SSSR count). The average Bonchev–Trinajstić information content (AvgIpc) is 2.59. The number of para-hydroxylation sites is 1. The third kappa shape index (κ3) is 5.15. The summed E-state index contributed by atoms with van der Waals surface area (Å²) in [4.78, 5) is 17.3. The van der Waals surface area contributed by atoms with Crippen molar-refractivity contribution in [2.24, 2.45) is 5.16 Å². The summed E-state index contributed by atoms with van der Waals surface area (Å²) >= 11 is 0. The summed E-state index contributed by atoms with van der Waals surface area (Å²) in [5.74, 6) is -0.129. The van der Waals surface area contributed by atoms with Crippen molar-refractivity contribution in [2.45, 2.75) is 39.5 Å². The zero-order chi connectivity index (χ0) is 19.1. The minimum atomic E-state index is -0.392. The van der Waals surface area contributed by atoms with Gasteiger partial charge in [0.2, 0.25) is 0 Å². The number of amides is 1. The van der Waals surface area contributed by atoms with E-state index in [0.29, 0.717) is 5.56 Å². The Labute approximate surface area is 154 Å². The van der Waals surface area contributed by atoms with Gasteiger partial charge in [-0.3, -0.25) is 4.79 Å². The SMILES string of the molecule is CC(C)c1cccc(C(C)C)c1NC(=O)CO/N=C\c1ccccc1F. The Bertz CT molecular complexity index is 759. The van der Waals surface area contributed by atoms with Crippen LogP contribution in [0.2, 0.25) is 0 Å². The lowest BCUT2D eigenvalue weighted by atomic mass is 9.92. The van der Waals surface area contributed by atoms with Gasteiger partial charge in [0, 0.05) is 11.3 Å². The minimum absolute atomic E-state index is 0.241. The van der Waals surface area contributed by atoms with Crippen LogP contribution in [0.3, 0.4) is 0 Å². The van der Waals surface area contributed by atoms with Gasteiger partial charge in [-0.25, -0.2) is 4.39 Å². The van der Waals surface area contributed by atoms with Crippen LogP contribution in [-0.2, 0) is 9.63 Å². The zero-order valence-corrected chi connectivity index (χ0v) is 15.6. The highest BCUT2D eigenvalue weighted by atomic mass is 19.1. The standard InChI is InChI=1S/C21H25FN2O2/c1-14(2)17-9-7-10-18(15(3)4)21(17)24-20(25)13-26-23-12-16-8-5-6-11-19(16)22/h5-12,14-15H,13H2,1-4H3,(H,24,25)/b23-12-. The maximum Gasteiger partial charge on any atom is 0.265 e. The molecule has 0 spiro atoms. The van der Waals surface area contributed by atoms with Crippen molar-refractivity contribution in [1.29, 1.82) is 0 Å². The second kappa shape index (κ2) is 9.13. The van der Waals surface area contributed by atoms with E-state index in [4.69, 9.17) is 4.84 Å². The lowest BCUT2D eigenvalue weighted by molar-refractivity contribution is -0.120. The summed E-state index contributed by atoms with van der Waals surface area (Å²) in [6, 6.07) is 12.3. The van der Waals surface area contributed by atoms with Gasteiger partial charge in [-0.15, -0.1) is 0 Å². The first-order valence-electron chi connectivity index (χ1n) is 8.72. The molecule has 0 aliphatic carbocycles. The Hall–Kier alpha value is -2.69. The number of hydrogen-bond donors (Lipinski definition) is 1. The fourth-order valence-corrected chi connectivity index (χ4v) is 2.64. The summed E-state index contributed by atoms with van der Waals surface area (Å²) < 4.78 is 13.5. The van der Waals surface area contributed by atoms with Gasteiger partial charge in [-0.1, -0.05) is 69.2 Å². The molecule has 0 unspecified atom stereocenters. The topological polar surface area (TPSA) is 50.7 Å². The molecular weight excluding hydrogens is 331 g/mol. The van der Waals surface area contributed by atoms with Crippen molar-refractivity contribution in [3.8, 4) is 0 Å². The van der Waals surface area contributed by atoms with Crippen molar-refractivity contribution >= 4 is 17.8 Å². The number of anilines is 1. The van der Waals surface area contributed by atoms with Crippen LogP contribution in [0, 0.1) is 5.82 Å². The molecule has 0 saturated heterocycles. The van der Waals surface area contributed by atoms with Gasteiger partial charge in [0.05, 0.1) is 6.21 Å². The quantitative estimate of drug-likeness (QED) is 0.557. The van der Waals surface area contributed by atoms with E-state index in [2.05, 4.69) is 38.2 Å². The minimum Gasteiger partial charge on any atom is -0.386 e. The van der Waals surface area contributed by atoms with E-state index in [0.717, 1.165) is 16.8 Å². The molecule has 0 fully saturated rings. The molecule has 1 amide bonds. The Morgan fingerprint density at radius 2 is 1.69 bits per heavy atom. The average molecular weight is 356 g/mol. The van der Waals surface area contributed by atoms with Gasteiger partial charge in [-0.2, -0.15) is 0 Å². The van der Waals surface area contributed by atoms with Crippen molar-refractivity contribution in [1.82, 2.24) is 0 Å². The van der Waals surface area contributed by atoms with Crippen LogP contribution in [0.5, 0.6) is 0 Å². The van der Waals surface area contributed by atoms with Crippen molar-refractivity contribution in [3.05, 3.63) is 65.0 Å². The molecule has 138 valence electrons. The Morgan fingerprint density at radius 3 is 2.27 bits per heavy atom. The number of hydrogen-bond acceptors (Lipinski definition) is 3. The second-order valence-corrected chi connectivity index (χ2v) is 6.70. The third-order valence-corrected chi connectivity index (χ3v) is 4.00. The number of carbonyl (C=O) groups excluding carboxylic acids is 1. The fraction of sp³-hybridized carbons (Fsp3) is 0.333. The normalized spacial score (nSPS) is 11.3. The zero-order valence-electron chi connectivity index (χ0n) is 15.6. The number of nitrogens with zero attached hydrogens (tertiary/aromatic N) is 1. The van der Waals surface area contributed by atoms with Crippen LogP contribution in [0.1, 0.15) is 56.2 Å². The third-order valence-electron chi connectivity index (χ3n) is 4.00. The van der Waals surface area contributed by atoms with Crippen LogP contribution < -0.4 is 5.32 Å². The van der Waals surface area contributed by atoms with Crippen LogP contribution in [-0.4, -0.2) is 18.7 Å². The highest BCUT2D eigenvalue weighted by Gasteiger charge is 2.16. The van der Waals surface area contributed by atoms with Crippen LogP contribution in [0.4, 0.5) is 10.1 Å². The molecule has 0 aliphatic heterocycles. The molecule has 4 nitrogen and oxygen atoms in total. The maximum absolute atomic E-state index is 13.5. The summed E-state index contributed by atoms with van der Waals surface area (Å²) in [5, 5.41) is 6.61. The number of halogens is 1. The number of carbonyl (C=O) groups is 1. The lowest BCUT2D eigenvalue weighted by Gasteiger charge is -2.19. The number of benzene rings is 2. The molecule has 0 aromatic heterocycles. The van der Waals surface area contributed by atoms with E-state index in [1.165, 1.54) is 12.3 Å². The highest BCUT2D eigenvalue weighted by molar-refractivity contribution is 5.93. The Kier molecular flexibility index (Phi) is 6.89. The van der Waals surface area contributed by atoms with Gasteiger partial charge in [0.25, 0.3) is 5.91 Å². The molecule has 2 aromatic carbocycles. The first-order chi connectivity index (χ1) is 12.4. The first-order valence-corrected chi connectivity index (χ1v) is 8.72. The van der Waals surface area contributed by atoms with E-state index < -0.39 is 5.82 Å². The fourth-order valence-electron chi connectivity index (χ4n) is 2.64. The molecule has 26 heavy (non-hydrogen) atoms. The van der Waals surface area contributed by atoms with Gasteiger partial charge < -0.3 is 10.2 Å². The molecule has 2 aromatic rings. The first kappa shape index (κ1) is 19.6. The van der Waals surface area contributed by atoms with E-state index in [9.17, 15) is 9.18 Å². The number of nitrogens with one attached hydrogen (secondary N) is 1. The molecule has 1 N–H and O–H groups in total. The van der Waals surface area contributed by atoms with E-state index in [-0.39, 0.29) is 24.3 Å². The van der Waals surface area contributed by atoms with Crippen molar-refractivity contribution in [2.75, 3.05) is 11.9 Å². The molecule has 0 bridgehead atoms. The van der Waals surface area contributed by atoms with Gasteiger partial charge >= 0.3 is 0 Å². The van der Waals surface area contributed by atoms with Gasteiger partial charge in [0.1, 0.15) is 5.82 Å². The smallest absolute Gasteiger partial charge is 0.265 e. The number of rotatable bonds is 7. The summed E-state index contributed by atoms with van der Waals surface area (Å²) in [6.45, 7) is 8.11. The molecule has 0 radical (unpaired) electrons. The molecule has 0 heterocycles. The highest BCUT2D eigenvalue weighted by Crippen LogP contribution is 2.32. The molecule has 0 saturated carbocycles. The predicted molar refractivity (Wildman–Crippen MR) is 103 cm³/mol. The lowest BCUT2D eigenvalue weighted by Crippen LogP contribution is -2.19. The predicted octanol–water partition coefficient (Wildman–Crippen LogP) is 5.06. The second-order valence-electron chi connectivity index (χ2n) is 6.70. The number of oxime groups is 1. The molecule has 0 aliphatic rings. The van der Waals surface area contributed by atoms with Crippen molar-refractivity contribution < 1.29 is 14.0 Å². The van der Waals surface area contributed by atoms with Gasteiger partial charge in [0.15, 0.2) is 6.61 Å². The summed E-state index contributed by atoms with van der Waals surface area (Å²) in [7, 11) is 0. The largest absolute Gasteiger partial charge is 0.386 e. The van der Waals surface area contributed by atoms with E-state index in [1.54, 1.807) is 18.2 Å². The molecule has 5 heteroatoms. The Morgan fingerprint density at radius 1 is 1.08 bits per heavy atom. The summed E-state index contributed by atoms with van der Waals surface area (Å²) in [6.07, 6.45) is 1.25. The monoisotopic (exact) mass is 356 g/mol. The van der Waals surface area contributed by atoms with Crippen LogP contribution in [0.25, 0.3) is 0 Å². The van der Waals surface area contributed by atoms with Crippen LogP contribution >= 0.6 is 0 Å². The van der Waals surface area contributed by atoms with Crippen molar-refractivity contribution in [3.63, 3.8) is 0 Å². The molecule has 0 atom stereocenters. The van der Waals surface area contributed by atoms with E-state index in [1.807, 2.05) is 18.2 Å². The van der Waals surface area contributed by atoms with Crippen LogP contribution in [0.15, 0.2) is 47.6 Å². The Balaban J connectivity index is 2.03. The van der Waals surface area contributed by atoms with Gasteiger partial charge in [-0.05, 0) is 29.0 Å².